The third-order valence-electron chi connectivity index (χ3n) is 2.36. The minimum absolute atomic E-state index is 1.18. The van der Waals surface area contributed by atoms with E-state index in [1.807, 2.05) is 6.07 Å². The Bertz CT molecular complexity index is 580. The zero-order valence-corrected chi connectivity index (χ0v) is 8.34. The summed E-state index contributed by atoms with van der Waals surface area (Å²) in [6.07, 6.45) is 4.29. The first-order valence-electron chi connectivity index (χ1n) is 4.54. The molecule has 0 spiro atoms. The van der Waals surface area contributed by atoms with Crippen molar-refractivity contribution in [3.63, 3.8) is 0 Å². The summed E-state index contributed by atoms with van der Waals surface area (Å²) in [6, 6.07) is 10.5. The number of nitrogens with one attached hydrogen (secondary N) is 1. The number of hydrogen-bond acceptors (Lipinski definition) is 2. The molecule has 2 heterocycles. The molecule has 0 amide bonds. The maximum Gasteiger partial charge on any atom is 0.0454 e. The van der Waals surface area contributed by atoms with Crippen LogP contribution in [0.4, 0.5) is 5.69 Å². The summed E-state index contributed by atoms with van der Waals surface area (Å²) in [5, 5.41) is 6.71. The minimum atomic E-state index is 1.18. The summed E-state index contributed by atoms with van der Waals surface area (Å²) in [7, 11) is 0. The molecule has 1 aliphatic heterocycles. The molecule has 0 unspecified atom stereocenters. The second-order valence-electron chi connectivity index (χ2n) is 3.26. The van der Waals surface area contributed by atoms with E-state index in [9.17, 15) is 0 Å². The molecule has 1 aromatic heterocycles. The Balaban J connectivity index is 2.36. The van der Waals surface area contributed by atoms with Crippen molar-refractivity contribution in [1.82, 2.24) is 0 Å². The van der Waals surface area contributed by atoms with Crippen LogP contribution in [0.1, 0.15) is 5.56 Å². The molecule has 0 bridgehead atoms. The van der Waals surface area contributed by atoms with Gasteiger partial charge in [0.25, 0.3) is 0 Å². The smallest absolute Gasteiger partial charge is 0.0454 e. The van der Waals surface area contributed by atoms with E-state index in [2.05, 4.69) is 47.2 Å². The van der Waals surface area contributed by atoms with Crippen molar-refractivity contribution in [2.24, 2.45) is 0 Å². The van der Waals surface area contributed by atoms with Gasteiger partial charge in [-0.15, -0.1) is 11.3 Å². The molecular weight excluding hydrogens is 190 g/mol. The van der Waals surface area contributed by atoms with Crippen molar-refractivity contribution in [1.29, 1.82) is 0 Å². The summed E-state index contributed by atoms with van der Waals surface area (Å²) in [5.41, 5.74) is 2.43. The fraction of sp³-hybridized carbons (Fsp3) is 0. The molecule has 0 saturated carbocycles. The molecule has 2 heteroatoms. The molecule has 2 aromatic rings. The number of thiophene rings is 1. The molecule has 3 rings (SSSR count). The molecular formula is C12H9NS. The van der Waals surface area contributed by atoms with E-state index in [1.54, 1.807) is 11.3 Å². The second kappa shape index (κ2) is 3.00. The van der Waals surface area contributed by atoms with E-state index in [4.69, 9.17) is 0 Å². The summed E-state index contributed by atoms with van der Waals surface area (Å²) >= 11 is 1.78. The molecule has 14 heavy (non-hydrogen) atoms. The van der Waals surface area contributed by atoms with Gasteiger partial charge in [0.1, 0.15) is 0 Å². The Morgan fingerprint density at radius 3 is 3.00 bits per heavy atom. The number of hydrogen-bond donors (Lipinski definition) is 1. The Hall–Kier alpha value is -1.54. The van der Waals surface area contributed by atoms with Crippen molar-refractivity contribution < 1.29 is 0 Å². The van der Waals surface area contributed by atoms with Crippen molar-refractivity contribution in [2.45, 2.75) is 0 Å². The Morgan fingerprint density at radius 2 is 2.00 bits per heavy atom. The van der Waals surface area contributed by atoms with Crippen LogP contribution in [0.15, 0.2) is 35.7 Å². The number of fused-ring (bicyclic) bond motifs is 2. The van der Waals surface area contributed by atoms with E-state index >= 15 is 0 Å². The van der Waals surface area contributed by atoms with Gasteiger partial charge in [0.05, 0.1) is 0 Å². The molecule has 0 atom stereocenters. The van der Waals surface area contributed by atoms with Crippen LogP contribution in [-0.2, 0) is 0 Å². The van der Waals surface area contributed by atoms with Gasteiger partial charge in [-0.25, -0.2) is 0 Å². The van der Waals surface area contributed by atoms with Crippen molar-refractivity contribution >= 4 is 29.3 Å². The molecule has 1 aromatic carbocycles. The average molecular weight is 199 g/mol. The van der Waals surface area contributed by atoms with Gasteiger partial charge < -0.3 is 5.32 Å². The fourth-order valence-electron chi connectivity index (χ4n) is 1.62. The highest BCUT2D eigenvalue weighted by atomic mass is 32.1. The Kier molecular flexibility index (Phi) is 1.67. The molecule has 0 fully saturated rings. The quantitative estimate of drug-likeness (QED) is 0.681. The van der Waals surface area contributed by atoms with Crippen LogP contribution in [-0.4, -0.2) is 0 Å². The fourth-order valence-corrected chi connectivity index (χ4v) is 2.44. The van der Waals surface area contributed by atoms with Crippen molar-refractivity contribution in [2.75, 3.05) is 5.32 Å². The highest BCUT2D eigenvalue weighted by molar-refractivity contribution is 7.07. The molecule has 1 nitrogen and oxygen atoms in total. The predicted molar refractivity (Wildman–Crippen MR) is 61.7 cm³/mol. The van der Waals surface area contributed by atoms with E-state index < -0.39 is 0 Å². The van der Waals surface area contributed by atoms with Gasteiger partial charge >= 0.3 is 0 Å². The van der Waals surface area contributed by atoms with Gasteiger partial charge in [-0.1, -0.05) is 18.2 Å². The molecule has 1 N–H and O–H groups in total. The van der Waals surface area contributed by atoms with Crippen molar-refractivity contribution in [3.8, 4) is 0 Å². The van der Waals surface area contributed by atoms with E-state index in [1.165, 1.54) is 21.0 Å². The summed E-state index contributed by atoms with van der Waals surface area (Å²) in [6.45, 7) is 0. The van der Waals surface area contributed by atoms with Crippen LogP contribution in [0.3, 0.4) is 0 Å². The van der Waals surface area contributed by atoms with Crippen LogP contribution >= 0.6 is 11.3 Å². The maximum absolute atomic E-state index is 3.32. The number of benzene rings is 1. The first kappa shape index (κ1) is 7.83. The van der Waals surface area contributed by atoms with Gasteiger partial charge in [0.2, 0.25) is 0 Å². The van der Waals surface area contributed by atoms with Crippen LogP contribution < -0.4 is 15.1 Å². The molecule has 68 valence electrons. The lowest BCUT2D eigenvalue weighted by molar-refractivity contribution is 1.61. The minimum Gasteiger partial charge on any atom is -0.361 e. The van der Waals surface area contributed by atoms with E-state index in [-0.39, 0.29) is 0 Å². The van der Waals surface area contributed by atoms with Gasteiger partial charge in [-0.05, 0) is 29.2 Å². The molecule has 0 radical (unpaired) electrons. The molecule has 0 saturated heterocycles. The van der Waals surface area contributed by atoms with E-state index in [0.29, 0.717) is 0 Å². The summed E-state index contributed by atoms with van der Waals surface area (Å²) in [4.78, 5) is 0. The number of para-hydroxylation sites is 1. The summed E-state index contributed by atoms with van der Waals surface area (Å²) < 4.78 is 1.32. The maximum atomic E-state index is 3.32. The zero-order chi connectivity index (χ0) is 9.38. The first-order valence-corrected chi connectivity index (χ1v) is 5.42. The third-order valence-corrected chi connectivity index (χ3v) is 3.24. The third kappa shape index (κ3) is 1.16. The van der Waals surface area contributed by atoms with Gasteiger partial charge in [-0.2, -0.15) is 0 Å². The highest BCUT2D eigenvalue weighted by Crippen LogP contribution is 2.16. The first-order chi connectivity index (χ1) is 6.93. The van der Waals surface area contributed by atoms with Crippen LogP contribution in [0.2, 0.25) is 0 Å². The van der Waals surface area contributed by atoms with E-state index in [0.717, 1.165) is 0 Å². The Labute approximate surface area is 86.0 Å². The van der Waals surface area contributed by atoms with Crippen LogP contribution in [0, 0.1) is 0 Å². The Morgan fingerprint density at radius 1 is 1.07 bits per heavy atom. The van der Waals surface area contributed by atoms with Crippen LogP contribution in [0.5, 0.6) is 0 Å². The largest absolute Gasteiger partial charge is 0.361 e. The van der Waals surface area contributed by atoms with Gasteiger partial charge in [0.15, 0.2) is 0 Å². The zero-order valence-electron chi connectivity index (χ0n) is 7.53. The topological polar surface area (TPSA) is 12.0 Å². The summed E-state index contributed by atoms with van der Waals surface area (Å²) in [5.74, 6) is 0. The van der Waals surface area contributed by atoms with Gasteiger partial charge in [-0.3, -0.25) is 0 Å². The lowest BCUT2D eigenvalue weighted by Crippen LogP contribution is -2.17. The standard InChI is InChI=1S/C12H9NS/c1-2-4-11-9(3-1)7-12-10(8-13-11)5-6-14-12/h1-8,13H. The molecule has 0 aliphatic carbocycles. The van der Waals surface area contributed by atoms with Gasteiger partial charge in [0, 0.05) is 21.6 Å². The SMILES string of the molecule is C1=c2ccsc2=Cc2ccccc2N1. The van der Waals surface area contributed by atoms with Crippen LogP contribution in [0.25, 0.3) is 12.3 Å². The number of rotatable bonds is 0. The predicted octanol–water partition coefficient (Wildman–Crippen LogP) is 1.74. The highest BCUT2D eigenvalue weighted by Gasteiger charge is 2.00. The monoisotopic (exact) mass is 199 g/mol. The lowest BCUT2D eigenvalue weighted by atomic mass is 10.2. The average Bonchev–Trinajstić information content (AvgIpc) is 2.58. The normalized spacial score (nSPS) is 12.6. The second-order valence-corrected chi connectivity index (χ2v) is 4.21. The lowest BCUT2D eigenvalue weighted by Gasteiger charge is -2.02. The number of anilines is 1. The van der Waals surface area contributed by atoms with Crippen molar-refractivity contribution in [3.05, 3.63) is 51.0 Å². The molecule has 1 aliphatic rings.